The summed E-state index contributed by atoms with van der Waals surface area (Å²) in [6.07, 6.45) is 4.04. The summed E-state index contributed by atoms with van der Waals surface area (Å²) in [4.78, 5) is 30.0. The van der Waals surface area contributed by atoms with Gasteiger partial charge in [-0.3, -0.25) is 9.59 Å². The molecule has 1 aromatic rings. The van der Waals surface area contributed by atoms with Crippen molar-refractivity contribution in [1.82, 2.24) is 15.1 Å². The van der Waals surface area contributed by atoms with E-state index < -0.39 is 0 Å². The Hall–Kier alpha value is -1.59. The van der Waals surface area contributed by atoms with Gasteiger partial charge in [-0.05, 0) is 69.7 Å². The summed E-state index contributed by atoms with van der Waals surface area (Å²) in [5.41, 5.74) is 1.88. The van der Waals surface area contributed by atoms with E-state index in [2.05, 4.69) is 10.2 Å². The molecule has 3 aliphatic heterocycles. The highest BCUT2D eigenvalue weighted by atomic mass is 35.5. The minimum Gasteiger partial charge on any atom is -0.342 e. The van der Waals surface area contributed by atoms with E-state index in [1.54, 1.807) is 0 Å². The molecule has 0 bridgehead atoms. The second-order valence-corrected chi connectivity index (χ2v) is 8.54. The van der Waals surface area contributed by atoms with Crippen LogP contribution in [0.3, 0.4) is 0 Å². The zero-order valence-electron chi connectivity index (χ0n) is 16.7. The van der Waals surface area contributed by atoms with Crippen molar-refractivity contribution in [2.45, 2.75) is 32.6 Å². The molecule has 0 spiro atoms. The van der Waals surface area contributed by atoms with Crippen LogP contribution in [0.15, 0.2) is 24.3 Å². The molecule has 0 aliphatic carbocycles. The van der Waals surface area contributed by atoms with E-state index in [-0.39, 0.29) is 30.1 Å². The van der Waals surface area contributed by atoms with Gasteiger partial charge in [0.2, 0.25) is 5.91 Å². The first-order valence-electron chi connectivity index (χ1n) is 10.5. The van der Waals surface area contributed by atoms with Crippen LogP contribution >= 0.6 is 12.4 Å². The number of amides is 2. The predicted molar refractivity (Wildman–Crippen MR) is 113 cm³/mol. The second kappa shape index (κ2) is 9.27. The van der Waals surface area contributed by atoms with Gasteiger partial charge in [0.25, 0.3) is 5.91 Å². The Morgan fingerprint density at radius 3 is 2.21 bits per heavy atom. The molecular formula is C22H32ClN3O2. The molecule has 3 heterocycles. The molecule has 3 fully saturated rings. The number of aryl methyl sites for hydroxylation is 1. The standard InChI is InChI=1S/C22H31N3O2.ClH/c1-16-4-6-17(7-5-16)21(26)25-10-2-3-20(15-25)22(27)24-11-8-18-13-23-14-19(18)9-12-24;/h4-7,18-20,23H,2-3,8-15H2,1H3;1H/t18-,19+,20?;. The number of rotatable bonds is 2. The summed E-state index contributed by atoms with van der Waals surface area (Å²) in [7, 11) is 0. The van der Waals surface area contributed by atoms with Crippen LogP contribution in [0.4, 0.5) is 0 Å². The minimum absolute atomic E-state index is 0. The third-order valence-electron chi connectivity index (χ3n) is 6.69. The zero-order valence-corrected chi connectivity index (χ0v) is 17.5. The fraction of sp³-hybridized carbons (Fsp3) is 0.636. The highest BCUT2D eigenvalue weighted by Crippen LogP contribution is 2.29. The maximum Gasteiger partial charge on any atom is 0.253 e. The van der Waals surface area contributed by atoms with Gasteiger partial charge in [0, 0.05) is 31.7 Å². The molecule has 2 amide bonds. The molecule has 0 saturated carbocycles. The van der Waals surface area contributed by atoms with Crippen LogP contribution in [0, 0.1) is 24.7 Å². The Morgan fingerprint density at radius 2 is 1.57 bits per heavy atom. The number of nitrogens with one attached hydrogen (secondary N) is 1. The van der Waals surface area contributed by atoms with Crippen LogP contribution in [0.1, 0.15) is 41.6 Å². The lowest BCUT2D eigenvalue weighted by molar-refractivity contribution is -0.137. The van der Waals surface area contributed by atoms with Gasteiger partial charge in [0.05, 0.1) is 5.92 Å². The summed E-state index contributed by atoms with van der Waals surface area (Å²) < 4.78 is 0. The van der Waals surface area contributed by atoms with E-state index in [1.165, 1.54) is 0 Å². The van der Waals surface area contributed by atoms with Crippen molar-refractivity contribution < 1.29 is 9.59 Å². The monoisotopic (exact) mass is 405 g/mol. The molecule has 0 radical (unpaired) electrons. The number of hydrogen-bond donors (Lipinski definition) is 1. The fourth-order valence-corrected chi connectivity index (χ4v) is 4.94. The molecule has 3 aliphatic rings. The van der Waals surface area contributed by atoms with Crippen LogP contribution in [-0.4, -0.2) is 60.9 Å². The SMILES string of the molecule is Cc1ccc(C(=O)N2CCCC(C(=O)N3CC[C@@H]4CNC[C@@H]4CC3)C2)cc1.Cl. The van der Waals surface area contributed by atoms with Crippen molar-refractivity contribution in [3.63, 3.8) is 0 Å². The summed E-state index contributed by atoms with van der Waals surface area (Å²) in [6.45, 7) is 7.32. The molecule has 1 unspecified atom stereocenters. The number of nitrogens with zero attached hydrogens (tertiary/aromatic N) is 2. The average Bonchev–Trinajstić information content (AvgIpc) is 3.06. The van der Waals surface area contributed by atoms with Crippen LogP contribution in [0.5, 0.6) is 0 Å². The highest BCUT2D eigenvalue weighted by molar-refractivity contribution is 5.94. The zero-order chi connectivity index (χ0) is 18.8. The maximum absolute atomic E-state index is 13.1. The third-order valence-corrected chi connectivity index (χ3v) is 6.69. The first kappa shape index (κ1) is 21.1. The Morgan fingerprint density at radius 1 is 0.929 bits per heavy atom. The first-order chi connectivity index (χ1) is 13.1. The van der Waals surface area contributed by atoms with Gasteiger partial charge in [-0.15, -0.1) is 12.4 Å². The Labute approximate surface area is 174 Å². The molecule has 3 saturated heterocycles. The van der Waals surface area contributed by atoms with Gasteiger partial charge in [-0.2, -0.15) is 0 Å². The normalized spacial score (nSPS) is 27.5. The largest absolute Gasteiger partial charge is 0.342 e. The fourth-order valence-electron chi connectivity index (χ4n) is 4.94. The van der Waals surface area contributed by atoms with E-state index >= 15 is 0 Å². The molecule has 4 rings (SSSR count). The molecule has 154 valence electrons. The molecule has 1 N–H and O–H groups in total. The topological polar surface area (TPSA) is 52.7 Å². The van der Waals surface area contributed by atoms with Gasteiger partial charge in [0.15, 0.2) is 0 Å². The van der Waals surface area contributed by atoms with Crippen molar-refractivity contribution in [3.05, 3.63) is 35.4 Å². The molecule has 5 nitrogen and oxygen atoms in total. The van der Waals surface area contributed by atoms with E-state index in [4.69, 9.17) is 0 Å². The summed E-state index contributed by atoms with van der Waals surface area (Å²) in [5, 5.41) is 3.49. The van der Waals surface area contributed by atoms with Crippen molar-refractivity contribution in [3.8, 4) is 0 Å². The Balaban J connectivity index is 0.00000225. The van der Waals surface area contributed by atoms with E-state index in [0.29, 0.717) is 6.54 Å². The maximum atomic E-state index is 13.1. The van der Waals surface area contributed by atoms with E-state index in [9.17, 15) is 9.59 Å². The van der Waals surface area contributed by atoms with Gasteiger partial charge in [-0.1, -0.05) is 17.7 Å². The van der Waals surface area contributed by atoms with Crippen molar-refractivity contribution >= 4 is 24.2 Å². The number of fused-ring (bicyclic) bond motifs is 1. The lowest BCUT2D eigenvalue weighted by Gasteiger charge is -2.35. The number of carbonyl (C=O) groups excluding carboxylic acids is 2. The first-order valence-corrected chi connectivity index (χ1v) is 10.5. The predicted octanol–water partition coefficient (Wildman–Crippen LogP) is 2.73. The molecule has 0 aromatic heterocycles. The van der Waals surface area contributed by atoms with Gasteiger partial charge < -0.3 is 15.1 Å². The van der Waals surface area contributed by atoms with E-state index in [1.807, 2.05) is 36.1 Å². The third kappa shape index (κ3) is 4.52. The number of halogens is 1. The lowest BCUT2D eigenvalue weighted by atomic mass is 9.92. The highest BCUT2D eigenvalue weighted by Gasteiger charge is 2.35. The minimum atomic E-state index is -0.0378. The number of likely N-dealkylation sites (tertiary alicyclic amines) is 2. The van der Waals surface area contributed by atoms with Crippen LogP contribution in [0.25, 0.3) is 0 Å². The van der Waals surface area contributed by atoms with Crippen LogP contribution < -0.4 is 5.32 Å². The second-order valence-electron chi connectivity index (χ2n) is 8.54. The van der Waals surface area contributed by atoms with Crippen molar-refractivity contribution in [1.29, 1.82) is 0 Å². The van der Waals surface area contributed by atoms with Crippen LogP contribution in [0.2, 0.25) is 0 Å². The molecule has 1 aromatic carbocycles. The molecule has 6 heteroatoms. The van der Waals surface area contributed by atoms with Crippen molar-refractivity contribution in [2.24, 2.45) is 17.8 Å². The Kier molecular flexibility index (Phi) is 7.00. The van der Waals surface area contributed by atoms with E-state index in [0.717, 1.165) is 81.4 Å². The number of hydrogen-bond acceptors (Lipinski definition) is 3. The summed E-state index contributed by atoms with van der Waals surface area (Å²) >= 11 is 0. The van der Waals surface area contributed by atoms with Gasteiger partial charge >= 0.3 is 0 Å². The number of carbonyl (C=O) groups is 2. The average molecular weight is 406 g/mol. The van der Waals surface area contributed by atoms with Crippen LogP contribution in [-0.2, 0) is 4.79 Å². The quantitative estimate of drug-likeness (QED) is 0.823. The molecule has 3 atom stereocenters. The smallest absolute Gasteiger partial charge is 0.253 e. The summed E-state index contributed by atoms with van der Waals surface area (Å²) in [6, 6.07) is 7.74. The molecule has 28 heavy (non-hydrogen) atoms. The van der Waals surface area contributed by atoms with Gasteiger partial charge in [-0.25, -0.2) is 0 Å². The van der Waals surface area contributed by atoms with Crippen molar-refractivity contribution in [2.75, 3.05) is 39.3 Å². The Bertz CT molecular complexity index is 680. The summed E-state index contributed by atoms with van der Waals surface area (Å²) in [5.74, 6) is 1.75. The lowest BCUT2D eigenvalue weighted by Crippen LogP contribution is -2.47. The molecular weight excluding hydrogens is 374 g/mol. The number of piperidine rings is 1. The van der Waals surface area contributed by atoms with Gasteiger partial charge in [0.1, 0.15) is 0 Å². The number of benzene rings is 1.